The molecule has 5 heteroatoms. The van der Waals surface area contributed by atoms with Crippen LogP contribution in [0.25, 0.3) is 0 Å². The summed E-state index contributed by atoms with van der Waals surface area (Å²) in [7, 11) is 1.38. The van der Waals surface area contributed by atoms with Crippen LogP contribution in [-0.2, 0) is 11.3 Å². The van der Waals surface area contributed by atoms with Crippen LogP contribution in [0.15, 0.2) is 18.3 Å². The molecule has 2 atom stereocenters. The van der Waals surface area contributed by atoms with E-state index in [0.29, 0.717) is 11.6 Å². The zero-order valence-electron chi connectivity index (χ0n) is 12.1. The summed E-state index contributed by atoms with van der Waals surface area (Å²) in [5.74, 6) is 0.835. The monoisotopic (exact) mass is 294 g/mol. The van der Waals surface area contributed by atoms with E-state index in [0.717, 1.165) is 17.5 Å². The van der Waals surface area contributed by atoms with Crippen molar-refractivity contribution in [3.63, 3.8) is 0 Å². The average molecular weight is 294 g/mol. The number of rotatable bonds is 6. The van der Waals surface area contributed by atoms with Gasteiger partial charge in [0.1, 0.15) is 0 Å². The fraction of sp³-hybridized carbons (Fsp3) is 0.600. The summed E-state index contributed by atoms with van der Waals surface area (Å²) < 4.78 is 4.66. The summed E-state index contributed by atoms with van der Waals surface area (Å²) in [6, 6.07) is 4.24. The Hall–Kier alpha value is -1.07. The summed E-state index contributed by atoms with van der Waals surface area (Å²) in [5.41, 5.74) is 1.46. The van der Waals surface area contributed by atoms with Crippen molar-refractivity contribution >= 4 is 17.7 Å². The summed E-state index contributed by atoms with van der Waals surface area (Å²) >= 11 is 2.05. The van der Waals surface area contributed by atoms with Gasteiger partial charge in [0.2, 0.25) is 0 Å². The van der Waals surface area contributed by atoms with Crippen LogP contribution in [0.5, 0.6) is 0 Å². The van der Waals surface area contributed by atoms with Crippen LogP contribution in [0.1, 0.15) is 42.2 Å². The number of methoxy groups -OCH3 is 1. The number of nitrogens with zero attached hydrogens (tertiary/aromatic N) is 1. The van der Waals surface area contributed by atoms with Crippen molar-refractivity contribution in [2.75, 3.05) is 12.9 Å². The molecule has 1 aromatic rings. The third-order valence-corrected chi connectivity index (χ3v) is 4.95. The molecule has 1 aliphatic carbocycles. The van der Waals surface area contributed by atoms with Crippen LogP contribution in [0, 0.1) is 0 Å². The number of carbonyl (C=O) groups excluding carboxylic acids is 1. The third-order valence-electron chi connectivity index (χ3n) is 3.62. The third kappa shape index (κ3) is 3.96. The fourth-order valence-corrected chi connectivity index (χ4v) is 3.80. The Kier molecular flexibility index (Phi) is 5.86. The molecule has 110 valence electrons. The molecule has 2 rings (SSSR count). The maximum absolute atomic E-state index is 11.3. The Morgan fingerprint density at radius 2 is 2.35 bits per heavy atom. The first-order valence-corrected chi connectivity index (χ1v) is 8.17. The average Bonchev–Trinajstić information content (AvgIpc) is 2.92. The van der Waals surface area contributed by atoms with Gasteiger partial charge in [-0.2, -0.15) is 11.8 Å². The number of carbonyl (C=O) groups is 1. The van der Waals surface area contributed by atoms with E-state index in [9.17, 15) is 4.79 Å². The van der Waals surface area contributed by atoms with E-state index in [1.54, 1.807) is 12.3 Å². The summed E-state index contributed by atoms with van der Waals surface area (Å²) in [4.78, 5) is 15.6. The minimum atomic E-state index is -0.341. The molecule has 0 bridgehead atoms. The first-order chi connectivity index (χ1) is 9.74. The SMILES string of the molecule is CCSC1CCCC1NCc1ccc(C(=O)OC)cn1. The van der Waals surface area contributed by atoms with E-state index in [1.165, 1.54) is 32.1 Å². The van der Waals surface area contributed by atoms with Gasteiger partial charge in [0.05, 0.1) is 18.4 Å². The maximum Gasteiger partial charge on any atom is 0.339 e. The number of hydrogen-bond acceptors (Lipinski definition) is 5. The van der Waals surface area contributed by atoms with Gasteiger partial charge in [-0.1, -0.05) is 13.3 Å². The van der Waals surface area contributed by atoms with Crippen molar-refractivity contribution in [2.45, 2.75) is 44.0 Å². The van der Waals surface area contributed by atoms with Crippen LogP contribution < -0.4 is 5.32 Å². The molecule has 20 heavy (non-hydrogen) atoms. The molecule has 2 unspecified atom stereocenters. The Bertz CT molecular complexity index is 436. The number of pyridine rings is 1. The highest BCUT2D eigenvalue weighted by Crippen LogP contribution is 2.29. The Morgan fingerprint density at radius 3 is 3.00 bits per heavy atom. The highest BCUT2D eigenvalue weighted by Gasteiger charge is 2.26. The van der Waals surface area contributed by atoms with E-state index in [2.05, 4.69) is 22.0 Å². The number of esters is 1. The van der Waals surface area contributed by atoms with Gasteiger partial charge in [-0.3, -0.25) is 4.98 Å². The van der Waals surface area contributed by atoms with Crippen LogP contribution in [0.2, 0.25) is 0 Å². The summed E-state index contributed by atoms with van der Waals surface area (Å²) in [6.07, 6.45) is 5.45. The van der Waals surface area contributed by atoms with Crippen molar-refractivity contribution in [3.05, 3.63) is 29.6 Å². The second kappa shape index (κ2) is 7.64. The van der Waals surface area contributed by atoms with Crippen molar-refractivity contribution in [1.82, 2.24) is 10.3 Å². The van der Waals surface area contributed by atoms with Gasteiger partial charge in [0.25, 0.3) is 0 Å². The molecule has 0 aromatic carbocycles. The molecule has 0 aliphatic heterocycles. The van der Waals surface area contributed by atoms with Crippen molar-refractivity contribution < 1.29 is 9.53 Å². The van der Waals surface area contributed by atoms with Crippen LogP contribution in [0.4, 0.5) is 0 Å². The van der Waals surface area contributed by atoms with Crippen LogP contribution >= 0.6 is 11.8 Å². The Morgan fingerprint density at radius 1 is 1.50 bits per heavy atom. The Balaban J connectivity index is 1.86. The molecule has 1 heterocycles. The van der Waals surface area contributed by atoms with Gasteiger partial charge in [-0.25, -0.2) is 4.79 Å². The molecule has 0 saturated heterocycles. The normalized spacial score (nSPS) is 21.9. The number of nitrogens with one attached hydrogen (secondary N) is 1. The molecule has 1 saturated carbocycles. The van der Waals surface area contributed by atoms with Gasteiger partial charge in [0, 0.05) is 24.0 Å². The van der Waals surface area contributed by atoms with E-state index < -0.39 is 0 Å². The lowest BCUT2D eigenvalue weighted by atomic mass is 10.2. The highest BCUT2D eigenvalue weighted by molar-refractivity contribution is 7.99. The first-order valence-electron chi connectivity index (χ1n) is 7.12. The van der Waals surface area contributed by atoms with E-state index in [-0.39, 0.29) is 5.97 Å². The predicted octanol–water partition coefficient (Wildman–Crippen LogP) is 2.63. The number of aromatic nitrogens is 1. The minimum Gasteiger partial charge on any atom is -0.465 e. The molecular formula is C15H22N2O2S. The molecule has 1 fully saturated rings. The van der Waals surface area contributed by atoms with E-state index in [1.807, 2.05) is 17.8 Å². The predicted molar refractivity (Wildman–Crippen MR) is 82.0 cm³/mol. The van der Waals surface area contributed by atoms with E-state index >= 15 is 0 Å². The number of ether oxygens (including phenoxy) is 1. The van der Waals surface area contributed by atoms with Crippen LogP contribution in [0.3, 0.4) is 0 Å². The molecule has 1 aromatic heterocycles. The smallest absolute Gasteiger partial charge is 0.339 e. The largest absolute Gasteiger partial charge is 0.465 e. The van der Waals surface area contributed by atoms with Gasteiger partial charge in [-0.05, 0) is 30.7 Å². The molecule has 0 spiro atoms. The highest BCUT2D eigenvalue weighted by atomic mass is 32.2. The van der Waals surface area contributed by atoms with Crippen molar-refractivity contribution in [1.29, 1.82) is 0 Å². The fourth-order valence-electron chi connectivity index (χ4n) is 2.58. The van der Waals surface area contributed by atoms with Crippen molar-refractivity contribution in [3.8, 4) is 0 Å². The molecule has 1 aliphatic rings. The second-order valence-electron chi connectivity index (χ2n) is 4.94. The molecule has 1 N–H and O–H groups in total. The molecule has 0 amide bonds. The summed E-state index contributed by atoms with van der Waals surface area (Å²) in [6.45, 7) is 2.97. The second-order valence-corrected chi connectivity index (χ2v) is 6.46. The molecule has 4 nitrogen and oxygen atoms in total. The zero-order valence-corrected chi connectivity index (χ0v) is 12.9. The molecular weight excluding hydrogens is 272 g/mol. The van der Waals surface area contributed by atoms with Gasteiger partial charge in [0.15, 0.2) is 0 Å². The zero-order chi connectivity index (χ0) is 14.4. The minimum absolute atomic E-state index is 0.341. The molecule has 0 radical (unpaired) electrons. The quantitative estimate of drug-likeness (QED) is 0.817. The van der Waals surface area contributed by atoms with Crippen LogP contribution in [-0.4, -0.2) is 35.1 Å². The lowest BCUT2D eigenvalue weighted by Gasteiger charge is -2.19. The van der Waals surface area contributed by atoms with Gasteiger partial charge in [-0.15, -0.1) is 0 Å². The van der Waals surface area contributed by atoms with E-state index in [4.69, 9.17) is 0 Å². The number of thioether (sulfide) groups is 1. The van der Waals surface area contributed by atoms with Gasteiger partial charge >= 0.3 is 5.97 Å². The number of hydrogen-bond donors (Lipinski definition) is 1. The maximum atomic E-state index is 11.3. The lowest BCUT2D eigenvalue weighted by molar-refractivity contribution is 0.0600. The Labute approximate surface area is 124 Å². The standard InChI is InChI=1S/C15H22N2O2S/c1-3-20-14-6-4-5-13(14)17-10-12-8-7-11(9-16-12)15(18)19-2/h7-9,13-14,17H,3-6,10H2,1-2H3. The first kappa shape index (κ1) is 15.3. The van der Waals surface area contributed by atoms with Crippen molar-refractivity contribution in [2.24, 2.45) is 0 Å². The topological polar surface area (TPSA) is 51.2 Å². The van der Waals surface area contributed by atoms with Gasteiger partial charge < -0.3 is 10.1 Å². The summed E-state index contributed by atoms with van der Waals surface area (Å²) in [5, 5.41) is 4.33. The lowest BCUT2D eigenvalue weighted by Crippen LogP contribution is -2.33.